The lowest BCUT2D eigenvalue weighted by molar-refractivity contribution is 0.600. The van der Waals surface area contributed by atoms with Gasteiger partial charge in [0.05, 0.1) is 18.0 Å². The second-order valence-electron chi connectivity index (χ2n) is 6.20. The first-order chi connectivity index (χ1) is 12.2. The monoisotopic (exact) mass is 391 g/mol. The van der Waals surface area contributed by atoms with Crippen LogP contribution < -0.4 is 14.9 Å². The second kappa shape index (κ2) is 8.51. The highest BCUT2D eigenvalue weighted by atomic mass is 32.2. The van der Waals surface area contributed by atoms with Crippen LogP contribution in [0.25, 0.3) is 0 Å². The van der Waals surface area contributed by atoms with Gasteiger partial charge in [-0.05, 0) is 54.9 Å². The van der Waals surface area contributed by atoms with Crippen molar-refractivity contribution in [2.45, 2.75) is 26.3 Å². The number of hydrogen-bond acceptors (Lipinski definition) is 3. The summed E-state index contributed by atoms with van der Waals surface area (Å²) in [6.45, 7) is 4.19. The topological polar surface area (TPSA) is 61.4 Å². The molecule has 2 N–H and O–H groups in total. The molecule has 0 fully saturated rings. The van der Waals surface area contributed by atoms with E-state index in [0.29, 0.717) is 10.8 Å². The van der Waals surface area contributed by atoms with Crippen LogP contribution in [0.1, 0.15) is 30.5 Å². The summed E-state index contributed by atoms with van der Waals surface area (Å²) >= 11 is 5.45. The highest BCUT2D eigenvalue weighted by Gasteiger charge is 2.14. The molecule has 0 radical (unpaired) electrons. The van der Waals surface area contributed by atoms with Gasteiger partial charge in [-0.2, -0.15) is 0 Å². The van der Waals surface area contributed by atoms with Gasteiger partial charge >= 0.3 is 0 Å². The van der Waals surface area contributed by atoms with Crippen molar-refractivity contribution in [3.05, 3.63) is 59.7 Å². The van der Waals surface area contributed by atoms with Crippen LogP contribution in [-0.2, 0) is 10.0 Å². The standard InChI is InChI=1S/C19H25N3O2S2/c1-5-18(17-12-7-6-9-14(17)2)21-19(25)20-15-10-8-11-16(13-15)22(3)26(4,23)24/h6-13,18H,5H2,1-4H3,(H2,20,21,25)/t18-/m0/s1. The zero-order chi connectivity index (χ0) is 19.3. The van der Waals surface area contributed by atoms with E-state index in [4.69, 9.17) is 12.2 Å². The first-order valence-corrected chi connectivity index (χ1v) is 10.6. The molecule has 26 heavy (non-hydrogen) atoms. The first kappa shape index (κ1) is 20.2. The zero-order valence-electron chi connectivity index (χ0n) is 15.5. The highest BCUT2D eigenvalue weighted by Crippen LogP contribution is 2.22. The van der Waals surface area contributed by atoms with Crippen molar-refractivity contribution in [1.82, 2.24) is 5.32 Å². The maximum Gasteiger partial charge on any atom is 0.231 e. The SMILES string of the molecule is CC[C@H](NC(=S)Nc1cccc(N(C)S(C)(=O)=O)c1)c1ccccc1C. The number of anilines is 2. The molecule has 2 aromatic carbocycles. The van der Waals surface area contributed by atoms with Crippen molar-refractivity contribution in [2.24, 2.45) is 0 Å². The Morgan fingerprint density at radius 2 is 1.88 bits per heavy atom. The second-order valence-corrected chi connectivity index (χ2v) is 8.62. The number of benzene rings is 2. The summed E-state index contributed by atoms with van der Waals surface area (Å²) < 4.78 is 24.6. The molecule has 0 bridgehead atoms. The largest absolute Gasteiger partial charge is 0.356 e. The van der Waals surface area contributed by atoms with E-state index in [2.05, 4.69) is 36.6 Å². The number of nitrogens with one attached hydrogen (secondary N) is 2. The number of rotatable bonds is 6. The van der Waals surface area contributed by atoms with E-state index in [9.17, 15) is 8.42 Å². The summed E-state index contributed by atoms with van der Waals surface area (Å²) in [6.07, 6.45) is 2.07. The lowest BCUT2D eigenvalue weighted by Crippen LogP contribution is -2.32. The Morgan fingerprint density at radius 3 is 2.50 bits per heavy atom. The summed E-state index contributed by atoms with van der Waals surface area (Å²) in [5, 5.41) is 6.98. The zero-order valence-corrected chi connectivity index (χ0v) is 17.1. The molecule has 2 aromatic rings. The minimum Gasteiger partial charge on any atom is -0.356 e. The third-order valence-corrected chi connectivity index (χ3v) is 5.67. The predicted molar refractivity (Wildman–Crippen MR) is 113 cm³/mol. The molecule has 0 amide bonds. The fourth-order valence-electron chi connectivity index (χ4n) is 2.67. The Labute approximate surface area is 161 Å². The average molecular weight is 392 g/mol. The van der Waals surface area contributed by atoms with Gasteiger partial charge in [0.2, 0.25) is 10.0 Å². The average Bonchev–Trinajstić information content (AvgIpc) is 2.59. The highest BCUT2D eigenvalue weighted by molar-refractivity contribution is 7.92. The van der Waals surface area contributed by atoms with Crippen LogP contribution >= 0.6 is 12.2 Å². The van der Waals surface area contributed by atoms with Crippen LogP contribution in [-0.4, -0.2) is 26.8 Å². The molecule has 140 valence electrons. The first-order valence-electron chi connectivity index (χ1n) is 8.39. The number of hydrogen-bond donors (Lipinski definition) is 2. The van der Waals surface area contributed by atoms with Gasteiger partial charge in [0, 0.05) is 12.7 Å². The Hall–Kier alpha value is -2.12. The van der Waals surface area contributed by atoms with E-state index >= 15 is 0 Å². The molecular formula is C19H25N3O2S2. The lowest BCUT2D eigenvalue weighted by atomic mass is 10.00. The summed E-state index contributed by atoms with van der Waals surface area (Å²) in [4.78, 5) is 0. The molecule has 7 heteroatoms. The summed E-state index contributed by atoms with van der Waals surface area (Å²) in [5.74, 6) is 0. The fraction of sp³-hybridized carbons (Fsp3) is 0.316. The summed E-state index contributed by atoms with van der Waals surface area (Å²) in [5.41, 5.74) is 3.73. The summed E-state index contributed by atoms with van der Waals surface area (Å²) in [7, 11) is -1.78. The van der Waals surface area contributed by atoms with E-state index in [1.807, 2.05) is 18.2 Å². The molecule has 0 aliphatic carbocycles. The molecule has 0 heterocycles. The van der Waals surface area contributed by atoms with Gasteiger partial charge in [-0.25, -0.2) is 8.42 Å². The quantitative estimate of drug-likeness (QED) is 0.733. The Bertz CT molecular complexity index is 882. The van der Waals surface area contributed by atoms with Crippen molar-refractivity contribution in [1.29, 1.82) is 0 Å². The van der Waals surface area contributed by atoms with Gasteiger partial charge < -0.3 is 10.6 Å². The van der Waals surface area contributed by atoms with E-state index in [1.54, 1.807) is 18.2 Å². The Kier molecular flexibility index (Phi) is 6.61. The third kappa shape index (κ3) is 5.19. The Morgan fingerprint density at radius 1 is 1.19 bits per heavy atom. The summed E-state index contributed by atoms with van der Waals surface area (Å²) in [6, 6.07) is 15.5. The Balaban J connectivity index is 2.11. The van der Waals surface area contributed by atoms with Crippen LogP contribution in [0.15, 0.2) is 48.5 Å². The molecular weight excluding hydrogens is 366 g/mol. The minimum absolute atomic E-state index is 0.109. The van der Waals surface area contributed by atoms with Gasteiger partial charge in [0.15, 0.2) is 5.11 Å². The predicted octanol–water partition coefficient (Wildman–Crippen LogP) is 3.83. The van der Waals surface area contributed by atoms with Crippen LogP contribution in [0.4, 0.5) is 11.4 Å². The van der Waals surface area contributed by atoms with E-state index in [-0.39, 0.29) is 6.04 Å². The number of thiocarbonyl (C=S) groups is 1. The van der Waals surface area contributed by atoms with Crippen molar-refractivity contribution < 1.29 is 8.42 Å². The normalized spacial score (nSPS) is 12.3. The van der Waals surface area contributed by atoms with Gasteiger partial charge in [-0.1, -0.05) is 37.3 Å². The van der Waals surface area contributed by atoms with Gasteiger partial charge in [0.25, 0.3) is 0 Å². The molecule has 0 aromatic heterocycles. The van der Waals surface area contributed by atoms with Crippen LogP contribution in [0.5, 0.6) is 0 Å². The third-order valence-electron chi connectivity index (χ3n) is 4.24. The van der Waals surface area contributed by atoms with Gasteiger partial charge in [0.1, 0.15) is 0 Å². The number of sulfonamides is 1. The van der Waals surface area contributed by atoms with E-state index in [0.717, 1.165) is 12.1 Å². The van der Waals surface area contributed by atoms with E-state index in [1.165, 1.54) is 28.7 Å². The molecule has 0 aliphatic heterocycles. The molecule has 0 saturated carbocycles. The van der Waals surface area contributed by atoms with Crippen molar-refractivity contribution in [2.75, 3.05) is 22.9 Å². The van der Waals surface area contributed by atoms with E-state index < -0.39 is 10.0 Å². The number of nitrogens with zero attached hydrogens (tertiary/aromatic N) is 1. The van der Waals surface area contributed by atoms with Crippen LogP contribution in [0, 0.1) is 6.92 Å². The number of aryl methyl sites for hydroxylation is 1. The van der Waals surface area contributed by atoms with Crippen LogP contribution in [0.3, 0.4) is 0 Å². The minimum atomic E-state index is -3.31. The maximum atomic E-state index is 11.7. The van der Waals surface area contributed by atoms with Gasteiger partial charge in [-0.3, -0.25) is 4.31 Å². The maximum absolute atomic E-state index is 11.7. The molecule has 0 spiro atoms. The van der Waals surface area contributed by atoms with Crippen molar-refractivity contribution in [3.63, 3.8) is 0 Å². The van der Waals surface area contributed by atoms with Crippen molar-refractivity contribution >= 4 is 38.7 Å². The molecule has 2 rings (SSSR count). The molecule has 1 atom stereocenters. The smallest absolute Gasteiger partial charge is 0.231 e. The molecule has 0 aliphatic rings. The lowest BCUT2D eigenvalue weighted by Gasteiger charge is -2.22. The van der Waals surface area contributed by atoms with Crippen molar-refractivity contribution in [3.8, 4) is 0 Å². The van der Waals surface area contributed by atoms with Crippen LogP contribution in [0.2, 0.25) is 0 Å². The molecule has 0 saturated heterocycles. The molecule has 5 nitrogen and oxygen atoms in total. The molecule has 0 unspecified atom stereocenters. The fourth-order valence-corrected chi connectivity index (χ4v) is 3.43. The van der Waals surface area contributed by atoms with Gasteiger partial charge in [-0.15, -0.1) is 0 Å².